The SMILES string of the molecule is CCC(C)(C)n1c(SCC(=O)O)nc2cc(F)c(Cl)cc21. The molecule has 0 aliphatic rings. The molecule has 0 amide bonds. The summed E-state index contributed by atoms with van der Waals surface area (Å²) in [4.78, 5) is 15.2. The molecule has 114 valence electrons. The minimum Gasteiger partial charge on any atom is -0.481 e. The third-order valence-corrected chi connectivity index (χ3v) is 4.67. The number of nitrogens with zero attached hydrogens (tertiary/aromatic N) is 2. The molecule has 0 spiro atoms. The van der Waals surface area contributed by atoms with E-state index in [2.05, 4.69) is 4.98 Å². The summed E-state index contributed by atoms with van der Waals surface area (Å²) in [5.41, 5.74) is 0.906. The van der Waals surface area contributed by atoms with Crippen molar-refractivity contribution in [2.24, 2.45) is 0 Å². The van der Waals surface area contributed by atoms with Gasteiger partial charge >= 0.3 is 5.97 Å². The molecule has 0 unspecified atom stereocenters. The first-order chi connectivity index (χ1) is 9.76. The van der Waals surface area contributed by atoms with Crippen molar-refractivity contribution in [1.82, 2.24) is 9.55 Å². The first kappa shape index (κ1) is 16.1. The quantitative estimate of drug-likeness (QED) is 0.837. The number of carboxylic acids is 1. The Balaban J connectivity index is 2.66. The molecule has 0 saturated carbocycles. The fourth-order valence-corrected chi connectivity index (χ4v) is 3.06. The molecule has 1 N–H and O–H groups in total. The number of imidazole rings is 1. The van der Waals surface area contributed by atoms with E-state index in [1.54, 1.807) is 6.07 Å². The maximum atomic E-state index is 13.6. The zero-order valence-electron chi connectivity index (χ0n) is 12.0. The number of aromatic nitrogens is 2. The highest BCUT2D eigenvalue weighted by Gasteiger charge is 2.25. The second-order valence-corrected chi connectivity index (χ2v) is 6.68. The largest absolute Gasteiger partial charge is 0.481 e. The van der Waals surface area contributed by atoms with Crippen molar-refractivity contribution in [3.8, 4) is 0 Å². The van der Waals surface area contributed by atoms with Crippen LogP contribution in [0.5, 0.6) is 0 Å². The monoisotopic (exact) mass is 330 g/mol. The van der Waals surface area contributed by atoms with Gasteiger partial charge in [-0.2, -0.15) is 0 Å². The lowest BCUT2D eigenvalue weighted by molar-refractivity contribution is -0.133. The smallest absolute Gasteiger partial charge is 0.313 e. The molecular weight excluding hydrogens is 315 g/mol. The van der Waals surface area contributed by atoms with Gasteiger partial charge in [0, 0.05) is 11.6 Å². The van der Waals surface area contributed by atoms with Gasteiger partial charge in [0.05, 0.1) is 21.8 Å². The lowest BCUT2D eigenvalue weighted by Crippen LogP contribution is -2.26. The van der Waals surface area contributed by atoms with Crippen LogP contribution >= 0.6 is 23.4 Å². The standard InChI is InChI=1S/C14H16ClFN2O2S/c1-4-14(2,3)18-11-5-8(15)9(16)6-10(11)17-13(18)21-7-12(19)20/h5-6H,4,7H2,1-3H3,(H,19,20). The molecule has 2 aromatic rings. The van der Waals surface area contributed by atoms with E-state index >= 15 is 0 Å². The van der Waals surface area contributed by atoms with Crippen LogP contribution < -0.4 is 0 Å². The first-order valence-electron chi connectivity index (χ1n) is 6.49. The molecule has 0 bridgehead atoms. The molecule has 0 aliphatic carbocycles. The van der Waals surface area contributed by atoms with Crippen molar-refractivity contribution in [2.75, 3.05) is 5.75 Å². The summed E-state index contributed by atoms with van der Waals surface area (Å²) in [6, 6.07) is 2.83. The van der Waals surface area contributed by atoms with Crippen LogP contribution in [0.25, 0.3) is 11.0 Å². The Morgan fingerprint density at radius 1 is 1.52 bits per heavy atom. The summed E-state index contributed by atoms with van der Waals surface area (Å²) >= 11 is 6.99. The van der Waals surface area contributed by atoms with Gasteiger partial charge in [0.1, 0.15) is 5.82 Å². The number of hydrogen-bond donors (Lipinski definition) is 1. The van der Waals surface area contributed by atoms with Crippen LogP contribution in [0.2, 0.25) is 5.02 Å². The number of carbonyl (C=O) groups is 1. The Kier molecular flexibility index (Phi) is 4.49. The second-order valence-electron chi connectivity index (χ2n) is 5.33. The summed E-state index contributed by atoms with van der Waals surface area (Å²) in [5, 5.41) is 9.44. The first-order valence-corrected chi connectivity index (χ1v) is 7.85. The van der Waals surface area contributed by atoms with Crippen molar-refractivity contribution in [2.45, 2.75) is 37.9 Å². The number of thioether (sulfide) groups is 1. The van der Waals surface area contributed by atoms with Gasteiger partial charge in [0.2, 0.25) is 0 Å². The number of benzene rings is 1. The van der Waals surface area contributed by atoms with Gasteiger partial charge in [0.25, 0.3) is 0 Å². The third-order valence-electron chi connectivity index (χ3n) is 3.46. The summed E-state index contributed by atoms with van der Waals surface area (Å²) in [6.07, 6.45) is 0.814. The predicted octanol–water partition coefficient (Wildman–Crippen LogP) is 4.15. The van der Waals surface area contributed by atoms with E-state index in [4.69, 9.17) is 16.7 Å². The van der Waals surface area contributed by atoms with Gasteiger partial charge in [-0.3, -0.25) is 4.79 Å². The van der Waals surface area contributed by atoms with Gasteiger partial charge in [-0.1, -0.05) is 30.3 Å². The molecular formula is C14H16ClFN2O2S. The molecule has 1 heterocycles. The molecule has 0 fully saturated rings. The minimum atomic E-state index is -0.919. The highest BCUT2D eigenvalue weighted by molar-refractivity contribution is 7.99. The normalized spacial score (nSPS) is 12.0. The summed E-state index contributed by atoms with van der Waals surface area (Å²) in [5.74, 6) is -1.55. The number of halogens is 2. The molecule has 1 aromatic carbocycles. The van der Waals surface area contributed by atoms with Gasteiger partial charge in [-0.25, -0.2) is 9.37 Å². The third kappa shape index (κ3) is 3.16. The molecule has 1 aromatic heterocycles. The minimum absolute atomic E-state index is 0.0327. The van der Waals surface area contributed by atoms with E-state index in [1.807, 2.05) is 25.3 Å². The van der Waals surface area contributed by atoms with Crippen LogP contribution in [0.15, 0.2) is 17.3 Å². The number of fused-ring (bicyclic) bond motifs is 1. The molecule has 4 nitrogen and oxygen atoms in total. The maximum absolute atomic E-state index is 13.6. The number of hydrogen-bond acceptors (Lipinski definition) is 3. The molecule has 0 aliphatic heterocycles. The average Bonchev–Trinajstić information content (AvgIpc) is 2.75. The fraction of sp³-hybridized carbons (Fsp3) is 0.429. The van der Waals surface area contributed by atoms with E-state index < -0.39 is 11.8 Å². The second kappa shape index (κ2) is 5.85. The Bertz CT molecular complexity index is 700. The number of rotatable bonds is 5. The highest BCUT2D eigenvalue weighted by atomic mass is 35.5. The zero-order valence-corrected chi connectivity index (χ0v) is 13.6. The average molecular weight is 331 g/mol. The Labute approximate surface area is 131 Å². The van der Waals surface area contributed by atoms with Crippen LogP contribution in [0.4, 0.5) is 4.39 Å². The van der Waals surface area contributed by atoms with Gasteiger partial charge in [-0.05, 0) is 26.3 Å². The van der Waals surface area contributed by atoms with Crippen molar-refractivity contribution in [1.29, 1.82) is 0 Å². The van der Waals surface area contributed by atoms with Crippen LogP contribution in [0, 0.1) is 5.82 Å². The van der Waals surface area contributed by atoms with E-state index in [-0.39, 0.29) is 16.3 Å². The molecule has 0 radical (unpaired) electrons. The Morgan fingerprint density at radius 3 is 2.76 bits per heavy atom. The van der Waals surface area contributed by atoms with Crippen LogP contribution in [0.1, 0.15) is 27.2 Å². The molecule has 0 saturated heterocycles. The number of aliphatic carboxylic acids is 1. The lowest BCUT2D eigenvalue weighted by Gasteiger charge is -2.27. The Morgan fingerprint density at radius 2 is 2.19 bits per heavy atom. The summed E-state index contributed by atoms with van der Waals surface area (Å²) in [7, 11) is 0. The van der Waals surface area contributed by atoms with Gasteiger partial charge in [0.15, 0.2) is 5.16 Å². The maximum Gasteiger partial charge on any atom is 0.313 e. The molecule has 21 heavy (non-hydrogen) atoms. The van der Waals surface area contributed by atoms with Crippen molar-refractivity contribution < 1.29 is 14.3 Å². The van der Waals surface area contributed by atoms with Crippen LogP contribution in [-0.4, -0.2) is 26.4 Å². The van der Waals surface area contributed by atoms with E-state index in [0.29, 0.717) is 16.2 Å². The lowest BCUT2D eigenvalue weighted by atomic mass is 10.0. The zero-order chi connectivity index (χ0) is 15.8. The van der Waals surface area contributed by atoms with E-state index in [0.717, 1.165) is 18.2 Å². The summed E-state index contributed by atoms with van der Waals surface area (Å²) in [6.45, 7) is 6.08. The topological polar surface area (TPSA) is 55.1 Å². The van der Waals surface area contributed by atoms with Crippen LogP contribution in [0.3, 0.4) is 0 Å². The van der Waals surface area contributed by atoms with Crippen molar-refractivity contribution >= 4 is 40.4 Å². The summed E-state index contributed by atoms with van der Waals surface area (Å²) < 4.78 is 15.5. The molecule has 0 atom stereocenters. The Hall–Kier alpha value is -1.27. The molecule has 2 rings (SSSR count). The van der Waals surface area contributed by atoms with Crippen molar-refractivity contribution in [3.63, 3.8) is 0 Å². The van der Waals surface area contributed by atoms with Crippen molar-refractivity contribution in [3.05, 3.63) is 23.0 Å². The number of carboxylic acid groups (broad SMARTS) is 1. The predicted molar refractivity (Wildman–Crippen MR) is 82.7 cm³/mol. The highest BCUT2D eigenvalue weighted by Crippen LogP contribution is 2.34. The van der Waals surface area contributed by atoms with E-state index in [1.165, 1.54) is 6.07 Å². The van der Waals surface area contributed by atoms with Gasteiger partial charge < -0.3 is 9.67 Å². The molecule has 7 heteroatoms. The fourth-order valence-electron chi connectivity index (χ4n) is 2.02. The van der Waals surface area contributed by atoms with E-state index in [9.17, 15) is 9.18 Å². The van der Waals surface area contributed by atoms with Gasteiger partial charge in [-0.15, -0.1) is 0 Å². The van der Waals surface area contributed by atoms with Crippen LogP contribution in [-0.2, 0) is 10.3 Å².